The molecular weight excluding hydrogens is 190 g/mol. The minimum atomic E-state index is -0.338. The molecule has 1 aromatic heterocycles. The summed E-state index contributed by atoms with van der Waals surface area (Å²) in [6.45, 7) is 4.09. The molecule has 0 radical (unpaired) electrons. The second kappa shape index (κ2) is 3.93. The Balaban J connectivity index is 2.20. The molecule has 1 saturated carbocycles. The predicted octanol–water partition coefficient (Wildman–Crippen LogP) is 2.31. The summed E-state index contributed by atoms with van der Waals surface area (Å²) >= 11 is 0. The van der Waals surface area contributed by atoms with Gasteiger partial charge in [-0.2, -0.15) is 4.98 Å². The summed E-state index contributed by atoms with van der Waals surface area (Å²) in [5.74, 6) is 1.67. The topological polar surface area (TPSA) is 64.9 Å². The lowest BCUT2D eigenvalue weighted by molar-refractivity contribution is 0.272. The van der Waals surface area contributed by atoms with E-state index in [1.54, 1.807) is 0 Å². The molecule has 1 aliphatic rings. The van der Waals surface area contributed by atoms with E-state index in [1.165, 1.54) is 19.3 Å². The molecular formula is C11H19N3O. The van der Waals surface area contributed by atoms with E-state index in [4.69, 9.17) is 10.3 Å². The Labute approximate surface area is 90.2 Å². The highest BCUT2D eigenvalue weighted by Crippen LogP contribution is 2.33. The first-order chi connectivity index (χ1) is 7.12. The molecule has 2 N–H and O–H groups in total. The molecule has 1 aromatic rings. The highest BCUT2D eigenvalue weighted by atomic mass is 16.5. The van der Waals surface area contributed by atoms with Crippen LogP contribution in [0.2, 0.25) is 0 Å². The van der Waals surface area contributed by atoms with E-state index in [1.807, 2.05) is 13.8 Å². The van der Waals surface area contributed by atoms with Crippen LogP contribution in [0, 0.1) is 0 Å². The van der Waals surface area contributed by atoms with Crippen molar-refractivity contribution >= 4 is 0 Å². The molecule has 0 unspecified atom stereocenters. The van der Waals surface area contributed by atoms with E-state index in [0.717, 1.165) is 12.8 Å². The minimum absolute atomic E-state index is 0.276. The van der Waals surface area contributed by atoms with Crippen molar-refractivity contribution in [2.45, 2.75) is 57.4 Å². The first kappa shape index (κ1) is 10.6. The summed E-state index contributed by atoms with van der Waals surface area (Å²) in [6.07, 6.45) is 5.56. The zero-order chi connectivity index (χ0) is 10.9. The molecule has 1 heterocycles. The van der Waals surface area contributed by atoms with Crippen molar-refractivity contribution in [1.29, 1.82) is 0 Å². The number of hydrogen-bond acceptors (Lipinski definition) is 4. The van der Waals surface area contributed by atoms with Gasteiger partial charge in [0.05, 0.1) is 5.54 Å². The van der Waals surface area contributed by atoms with Crippen LogP contribution in [0.3, 0.4) is 0 Å². The molecule has 1 aliphatic carbocycles. The van der Waals surface area contributed by atoms with E-state index in [2.05, 4.69) is 10.1 Å². The Morgan fingerprint density at radius 2 is 1.93 bits per heavy atom. The van der Waals surface area contributed by atoms with Crippen LogP contribution in [-0.2, 0) is 5.54 Å². The Hall–Kier alpha value is -0.900. The van der Waals surface area contributed by atoms with Gasteiger partial charge in [-0.1, -0.05) is 38.3 Å². The van der Waals surface area contributed by atoms with Crippen LogP contribution in [0.15, 0.2) is 4.52 Å². The normalized spacial score (nSPS) is 20.8. The monoisotopic (exact) mass is 209 g/mol. The third-order valence-electron chi connectivity index (χ3n) is 3.13. The van der Waals surface area contributed by atoms with E-state index in [9.17, 15) is 0 Å². The molecule has 0 atom stereocenters. The molecule has 0 saturated heterocycles. The van der Waals surface area contributed by atoms with Crippen molar-refractivity contribution in [2.24, 2.45) is 5.73 Å². The summed E-state index contributed by atoms with van der Waals surface area (Å²) in [6, 6.07) is 0. The Kier molecular flexibility index (Phi) is 2.78. The molecule has 2 rings (SSSR count). The Morgan fingerprint density at radius 1 is 1.27 bits per heavy atom. The average molecular weight is 209 g/mol. The molecule has 4 nitrogen and oxygen atoms in total. The average Bonchev–Trinajstić information content (AvgIpc) is 2.68. The fourth-order valence-corrected chi connectivity index (χ4v) is 2.08. The van der Waals surface area contributed by atoms with E-state index in [0.29, 0.717) is 11.7 Å². The first-order valence-corrected chi connectivity index (χ1v) is 5.75. The molecule has 1 fully saturated rings. The van der Waals surface area contributed by atoms with Crippen molar-refractivity contribution in [3.63, 3.8) is 0 Å². The number of nitrogens with two attached hydrogens (primary N) is 1. The number of nitrogens with zero attached hydrogens (tertiary/aromatic N) is 2. The fraction of sp³-hybridized carbons (Fsp3) is 0.818. The molecule has 0 bridgehead atoms. The lowest BCUT2D eigenvalue weighted by atomic mass is 9.82. The van der Waals surface area contributed by atoms with Gasteiger partial charge in [-0.05, 0) is 12.8 Å². The lowest BCUT2D eigenvalue weighted by Gasteiger charge is -2.29. The summed E-state index contributed by atoms with van der Waals surface area (Å²) < 4.78 is 5.20. The van der Waals surface area contributed by atoms with Crippen LogP contribution >= 0.6 is 0 Å². The Bertz CT molecular complexity index is 326. The van der Waals surface area contributed by atoms with Crippen LogP contribution < -0.4 is 5.73 Å². The summed E-state index contributed by atoms with van der Waals surface area (Å²) in [5, 5.41) is 4.02. The fourth-order valence-electron chi connectivity index (χ4n) is 2.08. The van der Waals surface area contributed by atoms with Gasteiger partial charge >= 0.3 is 0 Å². The van der Waals surface area contributed by atoms with E-state index in [-0.39, 0.29) is 11.5 Å². The minimum Gasteiger partial charge on any atom is -0.339 e. The van der Waals surface area contributed by atoms with Gasteiger partial charge in [0.2, 0.25) is 5.89 Å². The summed E-state index contributed by atoms with van der Waals surface area (Å²) in [5.41, 5.74) is 5.97. The number of aromatic nitrogens is 2. The van der Waals surface area contributed by atoms with E-state index >= 15 is 0 Å². The molecule has 0 amide bonds. The SMILES string of the molecule is CC(C)c1nc(C2(N)CCCCC2)no1. The third-order valence-corrected chi connectivity index (χ3v) is 3.13. The molecule has 0 spiro atoms. The van der Waals surface area contributed by atoms with Crippen molar-refractivity contribution in [3.8, 4) is 0 Å². The maximum atomic E-state index is 6.31. The standard InChI is InChI=1S/C11H19N3O/c1-8(2)9-13-10(14-15-9)11(12)6-4-3-5-7-11/h8H,3-7,12H2,1-2H3. The maximum absolute atomic E-state index is 6.31. The summed E-state index contributed by atoms with van der Waals surface area (Å²) in [4.78, 5) is 4.40. The zero-order valence-corrected chi connectivity index (χ0v) is 9.49. The summed E-state index contributed by atoms with van der Waals surface area (Å²) in [7, 11) is 0. The highest BCUT2D eigenvalue weighted by molar-refractivity contribution is 5.06. The quantitative estimate of drug-likeness (QED) is 0.811. The largest absolute Gasteiger partial charge is 0.339 e. The van der Waals surface area contributed by atoms with Gasteiger partial charge in [-0.25, -0.2) is 0 Å². The van der Waals surface area contributed by atoms with Gasteiger partial charge in [0.15, 0.2) is 5.82 Å². The van der Waals surface area contributed by atoms with Crippen molar-refractivity contribution in [3.05, 3.63) is 11.7 Å². The van der Waals surface area contributed by atoms with Crippen LogP contribution in [0.5, 0.6) is 0 Å². The molecule has 4 heteroatoms. The van der Waals surface area contributed by atoms with Gasteiger partial charge in [0.1, 0.15) is 0 Å². The predicted molar refractivity (Wildman–Crippen MR) is 57.3 cm³/mol. The van der Waals surface area contributed by atoms with Gasteiger partial charge in [-0.15, -0.1) is 0 Å². The third kappa shape index (κ3) is 2.04. The highest BCUT2D eigenvalue weighted by Gasteiger charge is 2.34. The van der Waals surface area contributed by atoms with Crippen LogP contribution in [0.25, 0.3) is 0 Å². The van der Waals surface area contributed by atoms with Crippen LogP contribution in [0.4, 0.5) is 0 Å². The molecule has 0 aromatic carbocycles. The zero-order valence-electron chi connectivity index (χ0n) is 9.49. The Morgan fingerprint density at radius 3 is 2.47 bits per heavy atom. The van der Waals surface area contributed by atoms with Gasteiger partial charge in [0, 0.05) is 5.92 Å². The molecule has 84 valence electrons. The number of hydrogen-bond donors (Lipinski definition) is 1. The van der Waals surface area contributed by atoms with Crippen molar-refractivity contribution in [2.75, 3.05) is 0 Å². The second-order valence-corrected chi connectivity index (χ2v) is 4.83. The first-order valence-electron chi connectivity index (χ1n) is 5.75. The molecule has 0 aliphatic heterocycles. The van der Waals surface area contributed by atoms with Crippen LogP contribution in [0.1, 0.15) is 63.6 Å². The van der Waals surface area contributed by atoms with Crippen molar-refractivity contribution < 1.29 is 4.52 Å². The lowest BCUT2D eigenvalue weighted by Crippen LogP contribution is -2.39. The second-order valence-electron chi connectivity index (χ2n) is 4.83. The van der Waals surface area contributed by atoms with Gasteiger partial charge in [-0.3, -0.25) is 0 Å². The van der Waals surface area contributed by atoms with Gasteiger partial charge in [0.25, 0.3) is 0 Å². The molecule has 15 heavy (non-hydrogen) atoms. The van der Waals surface area contributed by atoms with Crippen molar-refractivity contribution in [1.82, 2.24) is 10.1 Å². The van der Waals surface area contributed by atoms with E-state index < -0.39 is 0 Å². The van der Waals surface area contributed by atoms with Gasteiger partial charge < -0.3 is 10.3 Å². The van der Waals surface area contributed by atoms with Crippen LogP contribution in [-0.4, -0.2) is 10.1 Å². The maximum Gasteiger partial charge on any atom is 0.229 e. The smallest absolute Gasteiger partial charge is 0.229 e. The number of rotatable bonds is 2.